The van der Waals surface area contributed by atoms with Crippen LogP contribution in [0.1, 0.15) is 32.0 Å². The molecule has 0 aliphatic heterocycles. The summed E-state index contributed by atoms with van der Waals surface area (Å²) in [4.78, 5) is 4.44. The van der Waals surface area contributed by atoms with E-state index in [0.29, 0.717) is 0 Å². The summed E-state index contributed by atoms with van der Waals surface area (Å²) in [5.74, 6) is 0. The maximum Gasteiger partial charge on any atom is 0.0830 e. The molecule has 0 fully saturated rings. The molecule has 108 valence electrons. The van der Waals surface area contributed by atoms with Gasteiger partial charge in [0.1, 0.15) is 0 Å². The van der Waals surface area contributed by atoms with Gasteiger partial charge in [-0.25, -0.2) is 4.68 Å². The molecule has 1 aromatic rings. The van der Waals surface area contributed by atoms with E-state index in [1.54, 1.807) is 24.1 Å². The van der Waals surface area contributed by atoms with E-state index in [2.05, 4.69) is 42.9 Å². The molecule has 0 saturated carbocycles. The fraction of sp³-hybridized carbons (Fsp3) is 0.400. The fourth-order valence-corrected chi connectivity index (χ4v) is 1.62. The molecule has 1 rings (SSSR count). The molecule has 0 spiro atoms. The number of rotatable bonds is 6. The molecule has 0 unspecified atom stereocenters. The third-order valence-electron chi connectivity index (χ3n) is 2.56. The molecular formula is C15H23N5. The van der Waals surface area contributed by atoms with Gasteiger partial charge in [0.25, 0.3) is 0 Å². The van der Waals surface area contributed by atoms with Crippen molar-refractivity contribution in [2.24, 2.45) is 15.5 Å². The number of nitrogens with zero attached hydrogens (tertiary/aromatic N) is 3. The lowest BCUT2D eigenvalue weighted by molar-refractivity contribution is 0.430. The van der Waals surface area contributed by atoms with Gasteiger partial charge >= 0.3 is 0 Å². The molecule has 5 heteroatoms. The number of hydrogen-bond acceptors (Lipinski definition) is 4. The van der Waals surface area contributed by atoms with Crippen molar-refractivity contribution in [2.45, 2.75) is 20.8 Å². The van der Waals surface area contributed by atoms with E-state index < -0.39 is 0 Å². The van der Waals surface area contributed by atoms with Gasteiger partial charge in [-0.05, 0) is 11.5 Å². The van der Waals surface area contributed by atoms with Gasteiger partial charge in [-0.1, -0.05) is 20.8 Å². The maximum atomic E-state index is 7.44. The third kappa shape index (κ3) is 4.50. The smallest absolute Gasteiger partial charge is 0.0830 e. The minimum atomic E-state index is 0.157. The Morgan fingerprint density at radius 3 is 2.70 bits per heavy atom. The van der Waals surface area contributed by atoms with Crippen LogP contribution in [-0.2, 0) is 0 Å². The quantitative estimate of drug-likeness (QED) is 0.769. The highest BCUT2D eigenvalue weighted by atomic mass is 15.3. The topological polar surface area (TPSA) is 65.5 Å². The van der Waals surface area contributed by atoms with Crippen molar-refractivity contribution in [3.05, 3.63) is 29.7 Å². The summed E-state index contributed by atoms with van der Waals surface area (Å²) in [7, 11) is 1.80. The first-order valence-electron chi connectivity index (χ1n) is 6.49. The van der Waals surface area contributed by atoms with E-state index in [4.69, 9.17) is 5.41 Å². The SMILES string of the molecule is C=Nn1cc(/C(C=N)=C/NC)cc1/C=N\CC(C)(C)C. The highest BCUT2D eigenvalue weighted by Gasteiger charge is 2.09. The molecule has 0 radical (unpaired) electrons. The van der Waals surface area contributed by atoms with Gasteiger partial charge in [0.15, 0.2) is 0 Å². The summed E-state index contributed by atoms with van der Waals surface area (Å²) in [6.45, 7) is 10.7. The maximum absolute atomic E-state index is 7.44. The van der Waals surface area contributed by atoms with Gasteiger partial charge in [0.2, 0.25) is 0 Å². The second-order valence-electron chi connectivity index (χ2n) is 5.70. The summed E-state index contributed by atoms with van der Waals surface area (Å²) >= 11 is 0. The van der Waals surface area contributed by atoms with E-state index in [0.717, 1.165) is 23.4 Å². The van der Waals surface area contributed by atoms with E-state index >= 15 is 0 Å². The van der Waals surface area contributed by atoms with Crippen LogP contribution in [0.15, 0.2) is 28.6 Å². The first-order valence-corrected chi connectivity index (χ1v) is 6.49. The molecule has 1 heterocycles. The van der Waals surface area contributed by atoms with E-state index in [1.165, 1.54) is 6.21 Å². The predicted octanol–water partition coefficient (Wildman–Crippen LogP) is 2.63. The standard InChI is InChI=1S/C15H23N5/c1-15(2,3)11-19-9-14-6-12(10-20(14)18-5)13(7-16)8-17-4/h6-10,16-17H,5,11H2,1-4H3/b13-8+,16-7?,19-9-. The Morgan fingerprint density at radius 1 is 1.50 bits per heavy atom. The number of allylic oxidation sites excluding steroid dienone is 1. The molecule has 0 atom stereocenters. The average molecular weight is 273 g/mol. The second kappa shape index (κ2) is 6.84. The molecule has 0 aliphatic rings. The van der Waals surface area contributed by atoms with Gasteiger partial charge in [-0.3, -0.25) is 4.99 Å². The highest BCUT2D eigenvalue weighted by molar-refractivity contribution is 6.08. The molecule has 1 aromatic heterocycles. The Balaban J connectivity index is 3.03. The molecule has 0 bridgehead atoms. The van der Waals surface area contributed by atoms with Gasteiger partial charge in [-0.2, -0.15) is 5.10 Å². The first kappa shape index (κ1) is 15.9. The van der Waals surface area contributed by atoms with Crippen molar-refractivity contribution in [2.75, 3.05) is 13.6 Å². The zero-order chi connectivity index (χ0) is 15.2. The fourth-order valence-electron chi connectivity index (χ4n) is 1.62. The Hall–Kier alpha value is -2.17. The molecule has 2 N–H and O–H groups in total. The Bertz CT molecular complexity index is 529. The van der Waals surface area contributed by atoms with Crippen molar-refractivity contribution in [3.63, 3.8) is 0 Å². The van der Waals surface area contributed by atoms with Gasteiger partial charge < -0.3 is 10.7 Å². The van der Waals surface area contributed by atoms with Crippen molar-refractivity contribution < 1.29 is 0 Å². The highest BCUT2D eigenvalue weighted by Crippen LogP contribution is 2.16. The number of aromatic nitrogens is 1. The molecule has 0 amide bonds. The molecule has 0 aliphatic carbocycles. The van der Waals surface area contributed by atoms with Crippen LogP contribution >= 0.6 is 0 Å². The van der Waals surface area contributed by atoms with Gasteiger partial charge in [0.05, 0.1) is 5.69 Å². The lowest BCUT2D eigenvalue weighted by atomic mass is 9.97. The molecular weight excluding hydrogens is 250 g/mol. The van der Waals surface area contributed by atoms with Crippen molar-refractivity contribution >= 4 is 24.7 Å². The summed E-state index contributed by atoms with van der Waals surface area (Å²) in [6, 6.07) is 1.94. The number of aliphatic imine (C=N–C) groups is 1. The Morgan fingerprint density at radius 2 is 2.20 bits per heavy atom. The lowest BCUT2D eigenvalue weighted by Gasteiger charge is -2.13. The van der Waals surface area contributed by atoms with Crippen LogP contribution in [0.25, 0.3) is 5.57 Å². The zero-order valence-electron chi connectivity index (χ0n) is 12.6. The largest absolute Gasteiger partial charge is 0.393 e. The van der Waals surface area contributed by atoms with Gasteiger partial charge in [0, 0.05) is 56.3 Å². The average Bonchev–Trinajstić information content (AvgIpc) is 2.77. The minimum Gasteiger partial charge on any atom is -0.393 e. The minimum absolute atomic E-state index is 0.157. The monoisotopic (exact) mass is 273 g/mol. The third-order valence-corrected chi connectivity index (χ3v) is 2.56. The molecule has 0 aromatic carbocycles. The van der Waals surface area contributed by atoms with Crippen LogP contribution in [-0.4, -0.2) is 37.4 Å². The van der Waals surface area contributed by atoms with Crippen molar-refractivity contribution in [1.82, 2.24) is 9.99 Å². The van der Waals surface area contributed by atoms with Crippen LogP contribution < -0.4 is 5.32 Å². The molecule has 0 saturated heterocycles. The van der Waals surface area contributed by atoms with Crippen LogP contribution in [0.3, 0.4) is 0 Å². The molecule has 20 heavy (non-hydrogen) atoms. The van der Waals surface area contributed by atoms with Crippen LogP contribution in [0.4, 0.5) is 0 Å². The van der Waals surface area contributed by atoms with Crippen LogP contribution in [0.5, 0.6) is 0 Å². The first-order chi connectivity index (χ1) is 9.41. The van der Waals surface area contributed by atoms with Crippen molar-refractivity contribution in [1.29, 1.82) is 5.41 Å². The normalized spacial score (nSPS) is 12.7. The number of nitrogens with one attached hydrogen (secondary N) is 2. The van der Waals surface area contributed by atoms with E-state index in [1.807, 2.05) is 12.3 Å². The summed E-state index contributed by atoms with van der Waals surface area (Å²) in [5, 5.41) is 14.3. The van der Waals surface area contributed by atoms with Crippen LogP contribution in [0, 0.1) is 10.8 Å². The Kier molecular flexibility index (Phi) is 5.43. The summed E-state index contributed by atoms with van der Waals surface area (Å²) in [5.41, 5.74) is 2.69. The van der Waals surface area contributed by atoms with E-state index in [-0.39, 0.29) is 5.41 Å². The predicted molar refractivity (Wildman–Crippen MR) is 87.1 cm³/mol. The number of hydrogen-bond donors (Lipinski definition) is 2. The van der Waals surface area contributed by atoms with Gasteiger partial charge in [-0.15, -0.1) is 0 Å². The lowest BCUT2D eigenvalue weighted by Crippen LogP contribution is -2.09. The second-order valence-corrected chi connectivity index (χ2v) is 5.70. The van der Waals surface area contributed by atoms with Crippen molar-refractivity contribution in [3.8, 4) is 0 Å². The molecule has 5 nitrogen and oxygen atoms in total. The van der Waals surface area contributed by atoms with Crippen LogP contribution in [0.2, 0.25) is 0 Å². The Labute approximate surface area is 120 Å². The summed E-state index contributed by atoms with van der Waals surface area (Å²) < 4.78 is 1.66. The zero-order valence-corrected chi connectivity index (χ0v) is 12.6. The summed E-state index contributed by atoms with van der Waals surface area (Å²) in [6.07, 6.45) is 6.70. The van der Waals surface area contributed by atoms with E-state index in [9.17, 15) is 0 Å².